The predicted octanol–water partition coefficient (Wildman–Crippen LogP) is 1.95. The quantitative estimate of drug-likeness (QED) is 0.580. The van der Waals surface area contributed by atoms with Crippen LogP contribution in [0.2, 0.25) is 5.02 Å². The molecule has 1 heterocycles. The minimum Gasteiger partial charge on any atom is -0.388 e. The lowest BCUT2D eigenvalue weighted by molar-refractivity contribution is -0.120. The Morgan fingerprint density at radius 2 is 1.78 bits per heavy atom. The van der Waals surface area contributed by atoms with Crippen molar-refractivity contribution >= 4 is 23.2 Å². The Hall–Kier alpha value is -1.96. The summed E-state index contributed by atoms with van der Waals surface area (Å²) >= 11 is 5.96. The number of halogens is 1. The zero-order chi connectivity index (χ0) is 19.2. The molecule has 1 fully saturated rings. The third-order valence-corrected chi connectivity index (χ3v) is 4.70. The van der Waals surface area contributed by atoms with Crippen molar-refractivity contribution < 1.29 is 19.7 Å². The summed E-state index contributed by atoms with van der Waals surface area (Å²) in [6.07, 6.45) is -3.52. The first-order valence-electron chi connectivity index (χ1n) is 8.84. The number of amides is 1. The molecule has 2 aromatic rings. The van der Waals surface area contributed by atoms with Crippen molar-refractivity contribution in [2.24, 2.45) is 0 Å². The zero-order valence-electron chi connectivity index (χ0n) is 14.7. The molecule has 3 rings (SSSR count). The fourth-order valence-corrected chi connectivity index (χ4v) is 3.30. The van der Waals surface area contributed by atoms with Crippen molar-refractivity contribution in [2.45, 2.75) is 37.4 Å². The molecular formula is C20H23ClN2O4. The van der Waals surface area contributed by atoms with E-state index in [9.17, 15) is 15.0 Å². The van der Waals surface area contributed by atoms with Gasteiger partial charge in [-0.3, -0.25) is 4.79 Å². The fourth-order valence-electron chi connectivity index (χ4n) is 3.08. The summed E-state index contributed by atoms with van der Waals surface area (Å²) in [5.41, 5.74) is 1.68. The Bertz CT molecular complexity index is 759. The number of anilines is 1. The Morgan fingerprint density at radius 3 is 2.52 bits per heavy atom. The molecular weight excluding hydrogens is 368 g/mol. The van der Waals surface area contributed by atoms with Gasteiger partial charge >= 0.3 is 0 Å². The molecule has 2 aromatic carbocycles. The number of nitrogens with one attached hydrogen (secondary N) is 2. The SMILES string of the molecule is O=C(C[C@H]1O[C@H](CNCc2cccc(Cl)c2)[C@@H](O)[C@H]1O)Nc1ccccc1. The van der Waals surface area contributed by atoms with Crippen LogP contribution in [0.3, 0.4) is 0 Å². The summed E-state index contributed by atoms with van der Waals surface area (Å²) < 4.78 is 5.71. The number of aliphatic hydroxyl groups excluding tert-OH is 2. The van der Waals surface area contributed by atoms with E-state index >= 15 is 0 Å². The van der Waals surface area contributed by atoms with Crippen LogP contribution in [0.4, 0.5) is 5.69 Å². The molecule has 1 aliphatic heterocycles. The van der Waals surface area contributed by atoms with Gasteiger partial charge in [-0.2, -0.15) is 0 Å². The van der Waals surface area contributed by atoms with Crippen molar-refractivity contribution in [3.05, 3.63) is 65.2 Å². The lowest BCUT2D eigenvalue weighted by Crippen LogP contribution is -2.38. The van der Waals surface area contributed by atoms with Crippen molar-refractivity contribution in [3.63, 3.8) is 0 Å². The van der Waals surface area contributed by atoms with Gasteiger partial charge in [0, 0.05) is 23.8 Å². The van der Waals surface area contributed by atoms with Crippen LogP contribution < -0.4 is 10.6 Å². The minimum atomic E-state index is -1.11. The molecule has 27 heavy (non-hydrogen) atoms. The van der Waals surface area contributed by atoms with Crippen LogP contribution >= 0.6 is 11.6 Å². The van der Waals surface area contributed by atoms with Crippen molar-refractivity contribution in [1.29, 1.82) is 0 Å². The van der Waals surface area contributed by atoms with Gasteiger partial charge in [-0.1, -0.05) is 41.9 Å². The van der Waals surface area contributed by atoms with Crippen LogP contribution in [0, 0.1) is 0 Å². The van der Waals surface area contributed by atoms with Crippen LogP contribution in [0.5, 0.6) is 0 Å². The third-order valence-electron chi connectivity index (χ3n) is 4.47. The van der Waals surface area contributed by atoms with E-state index in [1.54, 1.807) is 18.2 Å². The summed E-state index contributed by atoms with van der Waals surface area (Å²) in [5, 5.41) is 27.0. The van der Waals surface area contributed by atoms with E-state index < -0.39 is 24.4 Å². The Balaban J connectivity index is 1.47. The molecule has 4 atom stereocenters. The van der Waals surface area contributed by atoms with E-state index in [0.29, 0.717) is 23.8 Å². The number of hydrogen-bond donors (Lipinski definition) is 4. The molecule has 1 saturated heterocycles. The van der Waals surface area contributed by atoms with Crippen LogP contribution in [0.1, 0.15) is 12.0 Å². The summed E-state index contributed by atoms with van der Waals surface area (Å²) in [7, 11) is 0. The molecule has 0 aromatic heterocycles. The number of rotatable bonds is 7. The standard InChI is InChI=1S/C20H23ClN2O4/c21-14-6-4-5-13(9-14)11-22-12-17-20(26)19(25)16(27-17)10-18(24)23-15-7-2-1-3-8-15/h1-9,16-17,19-20,22,25-26H,10-12H2,(H,23,24)/t16-,17-,19+,20-/m1/s1. The van der Waals surface area contributed by atoms with Crippen molar-refractivity contribution in [1.82, 2.24) is 5.32 Å². The summed E-state index contributed by atoms with van der Waals surface area (Å²) in [6.45, 7) is 0.907. The maximum atomic E-state index is 12.1. The normalized spacial score (nSPS) is 24.7. The van der Waals surface area contributed by atoms with E-state index in [-0.39, 0.29) is 12.3 Å². The van der Waals surface area contributed by atoms with Gasteiger partial charge in [0.05, 0.1) is 18.6 Å². The van der Waals surface area contributed by atoms with Crippen molar-refractivity contribution in [2.75, 3.05) is 11.9 Å². The largest absolute Gasteiger partial charge is 0.388 e. The second-order valence-corrected chi connectivity index (χ2v) is 7.01. The highest BCUT2D eigenvalue weighted by Gasteiger charge is 2.43. The molecule has 4 N–H and O–H groups in total. The molecule has 0 unspecified atom stereocenters. The van der Waals surface area contributed by atoms with Gasteiger partial charge < -0.3 is 25.6 Å². The highest BCUT2D eigenvalue weighted by Crippen LogP contribution is 2.24. The molecule has 1 amide bonds. The Kier molecular flexibility index (Phi) is 6.82. The number of para-hydroxylation sites is 1. The average molecular weight is 391 g/mol. The van der Waals surface area contributed by atoms with Gasteiger partial charge in [-0.15, -0.1) is 0 Å². The first-order valence-corrected chi connectivity index (χ1v) is 9.22. The molecule has 0 aliphatic carbocycles. The van der Waals surface area contributed by atoms with E-state index in [1.165, 1.54) is 0 Å². The Morgan fingerprint density at radius 1 is 1.04 bits per heavy atom. The number of benzene rings is 2. The van der Waals surface area contributed by atoms with Crippen LogP contribution in [-0.4, -0.2) is 47.1 Å². The van der Waals surface area contributed by atoms with Gasteiger partial charge in [-0.25, -0.2) is 0 Å². The van der Waals surface area contributed by atoms with Gasteiger partial charge in [0.15, 0.2) is 0 Å². The van der Waals surface area contributed by atoms with E-state index in [2.05, 4.69) is 10.6 Å². The molecule has 0 spiro atoms. The summed E-state index contributed by atoms with van der Waals surface area (Å²) in [5.74, 6) is -0.273. The lowest BCUT2D eigenvalue weighted by Gasteiger charge is -2.15. The molecule has 144 valence electrons. The second kappa shape index (κ2) is 9.30. The molecule has 0 bridgehead atoms. The first-order chi connectivity index (χ1) is 13.0. The van der Waals surface area contributed by atoms with Crippen molar-refractivity contribution in [3.8, 4) is 0 Å². The average Bonchev–Trinajstić information content (AvgIpc) is 2.90. The molecule has 0 radical (unpaired) electrons. The number of carbonyl (C=O) groups excluding carboxylic acids is 1. The highest BCUT2D eigenvalue weighted by molar-refractivity contribution is 6.30. The lowest BCUT2D eigenvalue weighted by atomic mass is 10.1. The molecule has 0 saturated carbocycles. The Labute approximate surface area is 163 Å². The molecule has 7 heteroatoms. The number of aliphatic hydroxyl groups is 2. The number of hydrogen-bond acceptors (Lipinski definition) is 5. The number of carbonyl (C=O) groups is 1. The van der Waals surface area contributed by atoms with Gasteiger partial charge in [0.25, 0.3) is 0 Å². The molecule has 6 nitrogen and oxygen atoms in total. The maximum Gasteiger partial charge on any atom is 0.227 e. The van der Waals surface area contributed by atoms with E-state index in [1.807, 2.05) is 36.4 Å². The van der Waals surface area contributed by atoms with Gasteiger partial charge in [0.2, 0.25) is 5.91 Å². The zero-order valence-corrected chi connectivity index (χ0v) is 15.5. The minimum absolute atomic E-state index is 0.0298. The van der Waals surface area contributed by atoms with Crippen LogP contribution in [0.15, 0.2) is 54.6 Å². The van der Waals surface area contributed by atoms with Gasteiger partial charge in [-0.05, 0) is 29.8 Å². The monoisotopic (exact) mass is 390 g/mol. The van der Waals surface area contributed by atoms with Crippen LogP contribution in [0.25, 0.3) is 0 Å². The van der Waals surface area contributed by atoms with Crippen LogP contribution in [-0.2, 0) is 16.1 Å². The summed E-state index contributed by atoms with van der Waals surface area (Å²) in [6, 6.07) is 16.5. The highest BCUT2D eigenvalue weighted by atomic mass is 35.5. The summed E-state index contributed by atoms with van der Waals surface area (Å²) in [4.78, 5) is 12.1. The fraction of sp³-hybridized carbons (Fsp3) is 0.350. The number of ether oxygens (including phenoxy) is 1. The maximum absolute atomic E-state index is 12.1. The second-order valence-electron chi connectivity index (χ2n) is 6.57. The van der Waals surface area contributed by atoms with E-state index in [0.717, 1.165) is 5.56 Å². The van der Waals surface area contributed by atoms with Gasteiger partial charge in [0.1, 0.15) is 12.2 Å². The third kappa shape index (κ3) is 5.51. The smallest absolute Gasteiger partial charge is 0.227 e. The molecule has 1 aliphatic rings. The predicted molar refractivity (Wildman–Crippen MR) is 104 cm³/mol. The topological polar surface area (TPSA) is 90.8 Å². The van der Waals surface area contributed by atoms with E-state index in [4.69, 9.17) is 16.3 Å². The first kappa shape index (κ1) is 19.8.